The van der Waals surface area contributed by atoms with E-state index in [4.69, 9.17) is 11.5 Å². The molecule has 110 valence electrons. The molecule has 1 aromatic heterocycles. The van der Waals surface area contributed by atoms with E-state index >= 15 is 0 Å². The van der Waals surface area contributed by atoms with Crippen LogP contribution in [0, 0.1) is 0 Å². The topological polar surface area (TPSA) is 136 Å². The lowest BCUT2D eigenvalue weighted by Crippen LogP contribution is -2.24. The van der Waals surface area contributed by atoms with E-state index in [0.717, 1.165) is 12.8 Å². The summed E-state index contributed by atoms with van der Waals surface area (Å²) in [6.45, 7) is 5.07. The van der Waals surface area contributed by atoms with Crippen molar-refractivity contribution in [2.24, 2.45) is 11.5 Å². The van der Waals surface area contributed by atoms with Gasteiger partial charge in [-0.05, 0) is 12.8 Å². The summed E-state index contributed by atoms with van der Waals surface area (Å²) in [7, 11) is 0. The number of nitrogens with one attached hydrogen (secondary N) is 2. The summed E-state index contributed by atoms with van der Waals surface area (Å²) in [5, 5.41) is 5.83. The van der Waals surface area contributed by atoms with Crippen molar-refractivity contribution in [3.63, 3.8) is 0 Å². The lowest BCUT2D eigenvalue weighted by atomic mass is 10.3. The van der Waals surface area contributed by atoms with Gasteiger partial charge in [-0.15, -0.1) is 0 Å². The Kier molecular flexibility index (Phi) is 5.70. The van der Waals surface area contributed by atoms with Gasteiger partial charge >= 0.3 is 0 Å². The minimum absolute atomic E-state index is 0.0120. The molecule has 0 spiro atoms. The highest BCUT2D eigenvalue weighted by molar-refractivity contribution is 6.00. The van der Waals surface area contributed by atoms with Crippen molar-refractivity contribution >= 4 is 23.5 Å². The molecule has 20 heavy (non-hydrogen) atoms. The fraction of sp³-hybridized carbons (Fsp3) is 0.500. The predicted octanol–water partition coefficient (Wildman–Crippen LogP) is 0.318. The summed E-state index contributed by atoms with van der Waals surface area (Å²) in [5.74, 6) is -1.08. The molecule has 1 aromatic rings. The first-order valence-electron chi connectivity index (χ1n) is 6.50. The lowest BCUT2D eigenvalue weighted by Gasteiger charge is -2.13. The number of hydrogen-bond donors (Lipinski definition) is 4. The molecule has 6 N–H and O–H groups in total. The molecular formula is C12H20N6O2. The summed E-state index contributed by atoms with van der Waals surface area (Å²) in [5.41, 5.74) is 10.5. The van der Waals surface area contributed by atoms with E-state index in [9.17, 15) is 9.59 Å². The Balaban J connectivity index is 3.27. The molecule has 8 heteroatoms. The van der Waals surface area contributed by atoms with E-state index in [2.05, 4.69) is 20.6 Å². The quantitative estimate of drug-likeness (QED) is 0.541. The van der Waals surface area contributed by atoms with Gasteiger partial charge in [-0.1, -0.05) is 13.8 Å². The Morgan fingerprint density at radius 3 is 1.50 bits per heavy atom. The van der Waals surface area contributed by atoms with Crippen LogP contribution in [0.3, 0.4) is 0 Å². The maximum absolute atomic E-state index is 11.4. The Hall–Kier alpha value is -2.38. The SMILES string of the molecule is CCCNc1nc(C(N)=O)c(NCCC)nc1C(N)=O. The van der Waals surface area contributed by atoms with Crippen LogP contribution in [-0.2, 0) is 0 Å². The molecule has 0 saturated heterocycles. The fourth-order valence-corrected chi connectivity index (χ4v) is 1.51. The molecule has 0 aromatic carbocycles. The molecule has 1 heterocycles. The van der Waals surface area contributed by atoms with Crippen molar-refractivity contribution in [1.82, 2.24) is 9.97 Å². The first kappa shape index (κ1) is 15.7. The van der Waals surface area contributed by atoms with Gasteiger partial charge in [0.25, 0.3) is 11.8 Å². The third-order valence-corrected chi connectivity index (χ3v) is 2.45. The average molecular weight is 280 g/mol. The third-order valence-electron chi connectivity index (χ3n) is 2.45. The molecule has 0 aliphatic heterocycles. The number of aromatic nitrogens is 2. The highest BCUT2D eigenvalue weighted by Crippen LogP contribution is 2.17. The van der Waals surface area contributed by atoms with Crippen LogP contribution in [0.1, 0.15) is 47.7 Å². The second-order valence-corrected chi connectivity index (χ2v) is 4.20. The molecule has 0 bridgehead atoms. The molecule has 0 atom stereocenters. The summed E-state index contributed by atoms with van der Waals surface area (Å²) < 4.78 is 0. The van der Waals surface area contributed by atoms with Crippen molar-refractivity contribution in [1.29, 1.82) is 0 Å². The lowest BCUT2D eigenvalue weighted by molar-refractivity contribution is 0.0982. The molecule has 2 amide bonds. The number of carbonyl (C=O) groups excluding carboxylic acids is 2. The number of anilines is 2. The van der Waals surface area contributed by atoms with E-state index in [1.807, 2.05) is 13.8 Å². The minimum atomic E-state index is -0.716. The van der Waals surface area contributed by atoms with Crippen molar-refractivity contribution in [2.75, 3.05) is 23.7 Å². The van der Waals surface area contributed by atoms with Crippen LogP contribution in [0.15, 0.2) is 0 Å². The van der Waals surface area contributed by atoms with Gasteiger partial charge in [-0.2, -0.15) is 0 Å². The van der Waals surface area contributed by atoms with E-state index < -0.39 is 11.8 Å². The highest BCUT2D eigenvalue weighted by atomic mass is 16.1. The molecule has 1 rings (SSSR count). The monoisotopic (exact) mass is 280 g/mol. The molecule has 0 aliphatic rings. The molecule has 0 saturated carbocycles. The highest BCUT2D eigenvalue weighted by Gasteiger charge is 2.19. The van der Waals surface area contributed by atoms with Gasteiger partial charge in [0.05, 0.1) is 0 Å². The van der Waals surface area contributed by atoms with Crippen LogP contribution in [0.25, 0.3) is 0 Å². The zero-order valence-corrected chi connectivity index (χ0v) is 11.7. The maximum atomic E-state index is 11.4. The number of amides is 2. The van der Waals surface area contributed by atoms with E-state index in [1.165, 1.54) is 0 Å². The van der Waals surface area contributed by atoms with Crippen LogP contribution >= 0.6 is 0 Å². The number of nitrogens with zero attached hydrogens (tertiary/aromatic N) is 2. The fourth-order valence-electron chi connectivity index (χ4n) is 1.51. The first-order valence-corrected chi connectivity index (χ1v) is 6.50. The average Bonchev–Trinajstić information content (AvgIpc) is 2.42. The van der Waals surface area contributed by atoms with E-state index in [-0.39, 0.29) is 23.0 Å². The number of rotatable bonds is 8. The summed E-state index contributed by atoms with van der Waals surface area (Å²) in [4.78, 5) is 31.0. The van der Waals surface area contributed by atoms with Gasteiger partial charge in [-0.25, -0.2) is 9.97 Å². The molecular weight excluding hydrogens is 260 g/mol. The molecule has 8 nitrogen and oxygen atoms in total. The molecule has 0 aliphatic carbocycles. The van der Waals surface area contributed by atoms with Gasteiger partial charge in [0.15, 0.2) is 23.0 Å². The number of nitrogens with two attached hydrogens (primary N) is 2. The maximum Gasteiger partial charge on any atom is 0.271 e. The van der Waals surface area contributed by atoms with Crippen molar-refractivity contribution in [3.05, 3.63) is 11.4 Å². The van der Waals surface area contributed by atoms with Gasteiger partial charge in [0.2, 0.25) is 0 Å². The summed E-state index contributed by atoms with van der Waals surface area (Å²) in [6.07, 6.45) is 1.64. The first-order chi connectivity index (χ1) is 9.51. The van der Waals surface area contributed by atoms with Crippen LogP contribution in [0.4, 0.5) is 11.6 Å². The zero-order valence-electron chi connectivity index (χ0n) is 11.7. The largest absolute Gasteiger partial charge is 0.368 e. The third kappa shape index (κ3) is 3.81. The Morgan fingerprint density at radius 2 is 1.25 bits per heavy atom. The Bertz CT molecular complexity index is 457. The smallest absolute Gasteiger partial charge is 0.271 e. The normalized spacial score (nSPS) is 10.1. The van der Waals surface area contributed by atoms with Crippen molar-refractivity contribution in [2.45, 2.75) is 26.7 Å². The number of primary amides is 2. The predicted molar refractivity (Wildman–Crippen MR) is 76.6 cm³/mol. The summed E-state index contributed by atoms with van der Waals surface area (Å²) in [6, 6.07) is 0. The van der Waals surface area contributed by atoms with Crippen LogP contribution in [-0.4, -0.2) is 34.9 Å². The van der Waals surface area contributed by atoms with Crippen LogP contribution in [0.2, 0.25) is 0 Å². The second kappa shape index (κ2) is 7.27. The minimum Gasteiger partial charge on any atom is -0.368 e. The number of carbonyl (C=O) groups is 2. The standard InChI is InChI=1S/C12H20N6O2/c1-3-5-15-11-7(9(13)19)18-12(16-6-4-2)8(17-11)10(14)20/h3-6H2,1-2H3,(H2,13,19)(H2,14,20)(H,15,17)(H,16,18). The van der Waals surface area contributed by atoms with Crippen molar-refractivity contribution in [3.8, 4) is 0 Å². The Morgan fingerprint density at radius 1 is 0.900 bits per heavy atom. The van der Waals surface area contributed by atoms with Gasteiger partial charge < -0.3 is 22.1 Å². The molecule has 0 unspecified atom stereocenters. The van der Waals surface area contributed by atoms with Crippen molar-refractivity contribution < 1.29 is 9.59 Å². The van der Waals surface area contributed by atoms with Crippen LogP contribution in [0.5, 0.6) is 0 Å². The van der Waals surface area contributed by atoms with E-state index in [1.54, 1.807) is 0 Å². The van der Waals surface area contributed by atoms with E-state index in [0.29, 0.717) is 13.1 Å². The summed E-state index contributed by atoms with van der Waals surface area (Å²) >= 11 is 0. The molecule has 0 fully saturated rings. The van der Waals surface area contributed by atoms with Crippen LogP contribution < -0.4 is 22.1 Å². The number of hydrogen-bond acceptors (Lipinski definition) is 6. The van der Waals surface area contributed by atoms with Gasteiger partial charge in [0, 0.05) is 13.1 Å². The molecule has 0 radical (unpaired) electrons. The van der Waals surface area contributed by atoms with Gasteiger partial charge in [-0.3, -0.25) is 9.59 Å². The zero-order chi connectivity index (χ0) is 15.1. The Labute approximate surface area is 117 Å². The van der Waals surface area contributed by atoms with Gasteiger partial charge in [0.1, 0.15) is 0 Å². The second-order valence-electron chi connectivity index (χ2n) is 4.20.